The van der Waals surface area contributed by atoms with E-state index in [0.29, 0.717) is 11.4 Å². The summed E-state index contributed by atoms with van der Waals surface area (Å²) in [5, 5.41) is 0. The number of anilines is 1. The first kappa shape index (κ1) is 16.3. The molecule has 0 radical (unpaired) electrons. The monoisotopic (exact) mass is 310 g/mol. The molecule has 0 bridgehead atoms. The molecule has 1 fully saturated rings. The van der Waals surface area contributed by atoms with Gasteiger partial charge >= 0.3 is 0 Å². The van der Waals surface area contributed by atoms with Crippen LogP contribution in [0.1, 0.15) is 45.4 Å². The lowest BCUT2D eigenvalue weighted by Gasteiger charge is -2.17. The normalized spacial score (nSPS) is 15.6. The van der Waals surface area contributed by atoms with Crippen molar-refractivity contribution in [3.8, 4) is 0 Å². The number of rotatable bonds is 8. The van der Waals surface area contributed by atoms with E-state index in [1.165, 1.54) is 12.8 Å². The summed E-state index contributed by atoms with van der Waals surface area (Å²) in [4.78, 5) is 2.66. The van der Waals surface area contributed by atoms with Crippen LogP contribution in [-0.4, -0.2) is 28.1 Å². The topological polar surface area (TPSA) is 49.4 Å². The lowest BCUT2D eigenvalue weighted by Crippen LogP contribution is -2.25. The van der Waals surface area contributed by atoms with Gasteiger partial charge in [-0.3, -0.25) is 0 Å². The molecule has 118 valence electrons. The van der Waals surface area contributed by atoms with Gasteiger partial charge in [-0.15, -0.1) is 0 Å². The third-order valence-electron chi connectivity index (χ3n) is 3.94. The molecule has 2 rings (SSSR count). The largest absolute Gasteiger partial charge is 0.372 e. The number of hydrogen-bond acceptors (Lipinski definition) is 3. The highest BCUT2D eigenvalue weighted by Crippen LogP contribution is 2.21. The van der Waals surface area contributed by atoms with Gasteiger partial charge in [-0.25, -0.2) is 13.1 Å². The standard InChI is InChI=1S/C16H26N2O2S/c1-2-3-4-5-12-17-21(19,20)16-10-8-15(9-11-16)18-13-6-7-14-18/h8-11,17H,2-7,12-14H2,1H3. The molecule has 1 saturated heterocycles. The zero-order chi connectivity index (χ0) is 15.1. The maximum Gasteiger partial charge on any atom is 0.240 e. The van der Waals surface area contributed by atoms with Crippen LogP contribution >= 0.6 is 0 Å². The lowest BCUT2D eigenvalue weighted by atomic mass is 10.2. The Morgan fingerprint density at radius 3 is 2.33 bits per heavy atom. The number of benzene rings is 1. The Kier molecular flexibility index (Phi) is 6.06. The van der Waals surface area contributed by atoms with Crippen molar-refractivity contribution >= 4 is 15.7 Å². The van der Waals surface area contributed by atoms with Gasteiger partial charge in [-0.1, -0.05) is 26.2 Å². The minimum atomic E-state index is -3.36. The minimum absolute atomic E-state index is 0.362. The predicted molar refractivity (Wildman–Crippen MR) is 87.2 cm³/mol. The first-order valence-corrected chi connectivity index (χ1v) is 9.46. The van der Waals surface area contributed by atoms with Gasteiger partial charge in [0.1, 0.15) is 0 Å². The van der Waals surface area contributed by atoms with E-state index in [1.54, 1.807) is 12.1 Å². The smallest absolute Gasteiger partial charge is 0.240 e. The fraction of sp³-hybridized carbons (Fsp3) is 0.625. The highest BCUT2D eigenvalue weighted by molar-refractivity contribution is 7.89. The van der Waals surface area contributed by atoms with E-state index >= 15 is 0 Å². The molecule has 0 aliphatic carbocycles. The van der Waals surface area contributed by atoms with Crippen LogP contribution in [0.25, 0.3) is 0 Å². The molecule has 21 heavy (non-hydrogen) atoms. The molecule has 1 aromatic carbocycles. The lowest BCUT2D eigenvalue weighted by molar-refractivity contribution is 0.573. The summed E-state index contributed by atoms with van der Waals surface area (Å²) in [5.41, 5.74) is 1.12. The maximum absolute atomic E-state index is 12.2. The molecule has 0 spiro atoms. The molecule has 0 unspecified atom stereocenters. The van der Waals surface area contributed by atoms with Crippen molar-refractivity contribution in [2.24, 2.45) is 0 Å². The van der Waals surface area contributed by atoms with Crippen LogP contribution in [0.3, 0.4) is 0 Å². The van der Waals surface area contributed by atoms with Crippen LogP contribution in [0, 0.1) is 0 Å². The van der Waals surface area contributed by atoms with Crippen molar-refractivity contribution in [1.82, 2.24) is 4.72 Å². The molecule has 1 aliphatic heterocycles. The third-order valence-corrected chi connectivity index (χ3v) is 5.42. The number of nitrogens with one attached hydrogen (secondary N) is 1. The maximum atomic E-state index is 12.2. The van der Waals surface area contributed by atoms with Gasteiger partial charge in [0.15, 0.2) is 0 Å². The Morgan fingerprint density at radius 2 is 1.71 bits per heavy atom. The Balaban J connectivity index is 1.90. The highest BCUT2D eigenvalue weighted by atomic mass is 32.2. The van der Waals surface area contributed by atoms with Crippen LogP contribution in [0.5, 0.6) is 0 Å². The first-order valence-electron chi connectivity index (χ1n) is 7.98. The molecule has 0 saturated carbocycles. The average molecular weight is 310 g/mol. The molecule has 1 N–H and O–H groups in total. The summed E-state index contributed by atoms with van der Waals surface area (Å²) in [6.07, 6.45) is 6.74. The van der Waals surface area contributed by atoms with Crippen molar-refractivity contribution in [3.63, 3.8) is 0 Å². The molecule has 0 atom stereocenters. The van der Waals surface area contributed by atoms with Gasteiger partial charge in [-0.2, -0.15) is 0 Å². The second-order valence-corrected chi connectivity index (χ2v) is 7.41. The molecule has 1 aromatic rings. The summed E-state index contributed by atoms with van der Waals surface area (Å²) in [6, 6.07) is 7.25. The SMILES string of the molecule is CCCCCCNS(=O)(=O)c1ccc(N2CCCC2)cc1. The van der Waals surface area contributed by atoms with Gasteiger partial charge in [0.05, 0.1) is 4.90 Å². The van der Waals surface area contributed by atoms with Gasteiger partial charge in [0.2, 0.25) is 10.0 Å². The summed E-state index contributed by atoms with van der Waals surface area (Å²) in [5.74, 6) is 0. The fourth-order valence-electron chi connectivity index (χ4n) is 2.65. The summed E-state index contributed by atoms with van der Waals surface area (Å²) < 4.78 is 27.0. The third kappa shape index (κ3) is 4.71. The molecule has 0 amide bonds. The van der Waals surface area contributed by atoms with Crippen LogP contribution in [0.15, 0.2) is 29.2 Å². The van der Waals surface area contributed by atoms with E-state index in [9.17, 15) is 8.42 Å². The number of sulfonamides is 1. The molecule has 1 heterocycles. The number of hydrogen-bond donors (Lipinski definition) is 1. The molecular formula is C16H26N2O2S. The van der Waals surface area contributed by atoms with E-state index in [1.807, 2.05) is 12.1 Å². The predicted octanol–water partition coefficient (Wildman–Crippen LogP) is 3.15. The molecule has 0 aromatic heterocycles. The Labute approximate surface area is 128 Å². The van der Waals surface area contributed by atoms with E-state index in [4.69, 9.17) is 0 Å². The van der Waals surface area contributed by atoms with Crippen molar-refractivity contribution in [2.75, 3.05) is 24.5 Å². The van der Waals surface area contributed by atoms with E-state index < -0.39 is 10.0 Å². The molecular weight excluding hydrogens is 284 g/mol. The van der Waals surface area contributed by atoms with Crippen LogP contribution in [0.4, 0.5) is 5.69 Å². The van der Waals surface area contributed by atoms with Crippen molar-refractivity contribution in [3.05, 3.63) is 24.3 Å². The van der Waals surface area contributed by atoms with Crippen molar-refractivity contribution < 1.29 is 8.42 Å². The van der Waals surface area contributed by atoms with Crippen molar-refractivity contribution in [2.45, 2.75) is 50.3 Å². The van der Waals surface area contributed by atoms with Gasteiger partial charge in [0.25, 0.3) is 0 Å². The summed E-state index contributed by atoms with van der Waals surface area (Å²) in [6.45, 7) is 4.81. The Hall–Kier alpha value is -1.07. The second-order valence-electron chi connectivity index (χ2n) is 5.65. The van der Waals surface area contributed by atoms with Gasteiger partial charge in [0, 0.05) is 25.3 Å². The van der Waals surface area contributed by atoms with Crippen LogP contribution < -0.4 is 9.62 Å². The van der Waals surface area contributed by atoms with E-state index in [-0.39, 0.29) is 0 Å². The van der Waals surface area contributed by atoms with Crippen LogP contribution in [-0.2, 0) is 10.0 Å². The summed E-state index contributed by atoms with van der Waals surface area (Å²) >= 11 is 0. The summed E-state index contributed by atoms with van der Waals surface area (Å²) in [7, 11) is -3.36. The van der Waals surface area contributed by atoms with Gasteiger partial charge < -0.3 is 4.90 Å². The number of unbranched alkanes of at least 4 members (excludes halogenated alkanes) is 3. The Bertz CT molecular complexity index is 520. The first-order chi connectivity index (χ1) is 10.1. The zero-order valence-electron chi connectivity index (χ0n) is 12.8. The molecule has 4 nitrogen and oxygen atoms in total. The van der Waals surface area contributed by atoms with Crippen LogP contribution in [0.2, 0.25) is 0 Å². The molecule has 5 heteroatoms. The minimum Gasteiger partial charge on any atom is -0.372 e. The number of nitrogens with zero attached hydrogens (tertiary/aromatic N) is 1. The van der Waals surface area contributed by atoms with Crippen molar-refractivity contribution in [1.29, 1.82) is 0 Å². The fourth-order valence-corrected chi connectivity index (χ4v) is 3.73. The highest BCUT2D eigenvalue weighted by Gasteiger charge is 2.15. The van der Waals surface area contributed by atoms with E-state index in [2.05, 4.69) is 16.5 Å². The zero-order valence-corrected chi connectivity index (χ0v) is 13.7. The van der Waals surface area contributed by atoms with E-state index in [0.717, 1.165) is 44.5 Å². The average Bonchev–Trinajstić information content (AvgIpc) is 3.01. The quantitative estimate of drug-likeness (QED) is 0.750. The molecule has 1 aliphatic rings. The second kappa shape index (κ2) is 7.80. The van der Waals surface area contributed by atoms with Gasteiger partial charge in [-0.05, 0) is 43.5 Å². The Morgan fingerprint density at radius 1 is 1.05 bits per heavy atom.